The lowest BCUT2D eigenvalue weighted by atomic mass is 10.0. The lowest BCUT2D eigenvalue weighted by Gasteiger charge is -2.21. The Labute approximate surface area is 302 Å². The van der Waals surface area contributed by atoms with Crippen LogP contribution in [0, 0.1) is 6.92 Å². The van der Waals surface area contributed by atoms with Crippen LogP contribution in [0.25, 0.3) is 10.9 Å². The summed E-state index contributed by atoms with van der Waals surface area (Å²) in [7, 11) is -1.51. The van der Waals surface area contributed by atoms with Crippen LogP contribution in [0.5, 0.6) is 11.5 Å². The Bertz CT molecular complexity index is 2110. The Kier molecular flexibility index (Phi) is 12.1. The van der Waals surface area contributed by atoms with Gasteiger partial charge in [0.2, 0.25) is 5.91 Å². The topological polar surface area (TPSA) is 116 Å². The quantitative estimate of drug-likeness (QED) is 0.107. The third kappa shape index (κ3) is 9.80. The van der Waals surface area contributed by atoms with Crippen LogP contribution in [-0.4, -0.2) is 43.4 Å². The number of halogens is 2. The van der Waals surface area contributed by atoms with E-state index in [1.807, 2.05) is 61.5 Å². The van der Waals surface area contributed by atoms with E-state index in [9.17, 15) is 18.0 Å². The van der Waals surface area contributed by atoms with Crippen molar-refractivity contribution >= 4 is 61.3 Å². The fourth-order valence-corrected chi connectivity index (χ4v) is 6.78. The average Bonchev–Trinajstić information content (AvgIpc) is 3.08. The second-order valence-electron chi connectivity index (χ2n) is 12.0. The minimum Gasteiger partial charge on any atom is -0.487 e. The number of hydrogen-bond donors (Lipinski definition) is 0. The van der Waals surface area contributed by atoms with Crippen molar-refractivity contribution in [2.75, 3.05) is 18.2 Å². The van der Waals surface area contributed by atoms with Crippen molar-refractivity contribution in [3.8, 4) is 11.5 Å². The number of ketones is 1. The number of ether oxygens (including phenoxy) is 2. The second kappa shape index (κ2) is 16.5. The number of rotatable bonds is 15. The Hall–Kier alpha value is -4.51. The highest BCUT2D eigenvalue weighted by atomic mass is 35.5. The molecular formula is C38H37Cl2N3O6S. The molecule has 0 unspecified atom stereocenters. The number of anilines is 1. The van der Waals surface area contributed by atoms with Crippen molar-refractivity contribution in [2.24, 2.45) is 0 Å². The molecule has 5 aromatic rings. The van der Waals surface area contributed by atoms with Crippen LogP contribution in [0.3, 0.4) is 0 Å². The predicted octanol–water partition coefficient (Wildman–Crippen LogP) is 7.89. The number of nitrogens with zero attached hydrogens (tertiary/aromatic N) is 3. The Balaban J connectivity index is 1.20. The van der Waals surface area contributed by atoms with Gasteiger partial charge in [0.05, 0.1) is 22.2 Å². The van der Waals surface area contributed by atoms with Gasteiger partial charge in [0.15, 0.2) is 9.84 Å². The fraction of sp³-hybridized carbons (Fsp3) is 0.263. The summed E-state index contributed by atoms with van der Waals surface area (Å²) in [6.45, 7) is 2.19. The highest BCUT2D eigenvalue weighted by molar-refractivity contribution is 7.89. The summed E-state index contributed by atoms with van der Waals surface area (Å²) in [5, 5.41) is 1.42. The van der Waals surface area contributed by atoms with Crippen molar-refractivity contribution in [1.29, 1.82) is 0 Å². The molecule has 50 heavy (non-hydrogen) atoms. The van der Waals surface area contributed by atoms with E-state index in [0.717, 1.165) is 22.3 Å². The number of hydrogen-bond acceptors (Lipinski definition) is 8. The van der Waals surface area contributed by atoms with Gasteiger partial charge >= 0.3 is 0 Å². The first-order chi connectivity index (χ1) is 23.9. The second-order valence-corrected chi connectivity index (χ2v) is 15.0. The fourth-order valence-electron chi connectivity index (χ4n) is 5.37. The summed E-state index contributed by atoms with van der Waals surface area (Å²) in [5.74, 6) is 0.819. The number of Topliss-reactive ketones (excluding diaryl/α,β-unsaturated/α-hetero) is 1. The van der Waals surface area contributed by atoms with Crippen molar-refractivity contribution < 1.29 is 27.5 Å². The smallest absolute Gasteiger partial charge is 0.227 e. The number of para-hydroxylation sites is 1. The largest absolute Gasteiger partial charge is 0.487 e. The zero-order valence-electron chi connectivity index (χ0n) is 28.0. The minimum absolute atomic E-state index is 0.0131. The highest BCUT2D eigenvalue weighted by Crippen LogP contribution is 2.37. The molecule has 0 radical (unpaired) electrons. The minimum atomic E-state index is -3.12. The van der Waals surface area contributed by atoms with Crippen molar-refractivity contribution in [3.63, 3.8) is 0 Å². The van der Waals surface area contributed by atoms with Crippen LogP contribution in [0.2, 0.25) is 10.0 Å². The molecule has 0 N–H and O–H groups in total. The van der Waals surface area contributed by atoms with Gasteiger partial charge in [-0.15, -0.1) is 0 Å². The van der Waals surface area contributed by atoms with Gasteiger partial charge in [0.25, 0.3) is 0 Å². The van der Waals surface area contributed by atoms with Crippen LogP contribution in [0.15, 0.2) is 85.1 Å². The molecule has 0 aliphatic heterocycles. The molecule has 0 saturated carbocycles. The van der Waals surface area contributed by atoms with Crippen molar-refractivity contribution in [3.05, 3.63) is 123 Å². The molecule has 0 bridgehead atoms. The molecule has 0 aliphatic rings. The first-order valence-electron chi connectivity index (χ1n) is 15.9. The SMILES string of the molecule is Cc1cc(OCc2ccccn2)c2cccc(OCc3c(Cl)ccc(N(C)C(=O)CCC(=O)CCc4ccc(CS(C)(=O)=O)cc4)c3Cl)c2n1. The van der Waals surface area contributed by atoms with Gasteiger partial charge in [-0.1, -0.05) is 59.6 Å². The van der Waals surface area contributed by atoms with E-state index in [4.69, 9.17) is 37.7 Å². The molecule has 0 saturated heterocycles. The summed E-state index contributed by atoms with van der Waals surface area (Å²) in [5.41, 5.74) is 4.73. The van der Waals surface area contributed by atoms with E-state index in [1.165, 1.54) is 11.2 Å². The number of amides is 1. The molecule has 12 heteroatoms. The Morgan fingerprint density at radius 2 is 1.58 bits per heavy atom. The number of benzene rings is 3. The zero-order valence-corrected chi connectivity index (χ0v) is 30.3. The normalized spacial score (nSPS) is 11.4. The molecule has 3 aromatic carbocycles. The van der Waals surface area contributed by atoms with E-state index < -0.39 is 9.84 Å². The summed E-state index contributed by atoms with van der Waals surface area (Å²) in [4.78, 5) is 36.2. The van der Waals surface area contributed by atoms with Gasteiger partial charge in [-0.3, -0.25) is 14.6 Å². The summed E-state index contributed by atoms with van der Waals surface area (Å²) >= 11 is 13.4. The molecule has 0 aliphatic carbocycles. The Morgan fingerprint density at radius 1 is 0.840 bits per heavy atom. The van der Waals surface area contributed by atoms with Gasteiger partial charge in [-0.2, -0.15) is 0 Å². The maximum Gasteiger partial charge on any atom is 0.227 e. The standard InChI is InChI=1S/C38H37Cl2N3O6S/c1-25-21-35(48-22-28-7-4-5-20-41-28)30-8-6-9-34(38(30)42-25)49-23-31-32(39)17-18-33(37(31)40)43(2)36(45)19-16-29(44)15-14-26-10-12-27(13-11-26)24-50(3,46)47/h4-13,17-18,20-21H,14-16,19,22-24H2,1-3H3. The van der Waals surface area contributed by atoms with Crippen LogP contribution < -0.4 is 14.4 Å². The first kappa shape index (κ1) is 36.8. The van der Waals surface area contributed by atoms with Gasteiger partial charge in [-0.05, 0) is 60.9 Å². The molecule has 0 fully saturated rings. The van der Waals surface area contributed by atoms with Gasteiger partial charge in [0.1, 0.15) is 36.0 Å². The number of carbonyl (C=O) groups excluding carboxylic acids is 2. The number of fused-ring (bicyclic) bond motifs is 1. The molecule has 0 spiro atoms. The van der Waals surface area contributed by atoms with Crippen molar-refractivity contribution in [1.82, 2.24) is 9.97 Å². The van der Waals surface area contributed by atoms with Crippen molar-refractivity contribution in [2.45, 2.75) is 51.6 Å². The van der Waals surface area contributed by atoms with E-state index in [-0.39, 0.29) is 48.3 Å². The monoisotopic (exact) mass is 733 g/mol. The zero-order chi connectivity index (χ0) is 35.8. The van der Waals surface area contributed by atoms with E-state index in [2.05, 4.69) is 4.98 Å². The summed E-state index contributed by atoms with van der Waals surface area (Å²) in [6, 6.07) is 23.6. The van der Waals surface area contributed by atoms with Gasteiger partial charge < -0.3 is 14.4 Å². The molecule has 5 rings (SSSR count). The summed E-state index contributed by atoms with van der Waals surface area (Å²) in [6.07, 6.45) is 3.78. The lowest BCUT2D eigenvalue weighted by Crippen LogP contribution is -2.27. The molecule has 2 aromatic heterocycles. The lowest BCUT2D eigenvalue weighted by molar-refractivity contribution is -0.123. The molecule has 260 valence electrons. The van der Waals surface area contributed by atoms with Crippen LogP contribution in [0.1, 0.15) is 47.3 Å². The highest BCUT2D eigenvalue weighted by Gasteiger charge is 2.20. The van der Waals surface area contributed by atoms with Crippen LogP contribution in [0.4, 0.5) is 5.69 Å². The van der Waals surface area contributed by atoms with Gasteiger partial charge in [-0.25, -0.2) is 13.4 Å². The maximum atomic E-state index is 13.1. The maximum absolute atomic E-state index is 13.1. The van der Waals surface area contributed by atoms with Gasteiger partial charge in [0, 0.05) is 66.5 Å². The number of pyridine rings is 2. The van der Waals surface area contributed by atoms with Crippen LogP contribution >= 0.6 is 23.2 Å². The number of aromatic nitrogens is 2. The summed E-state index contributed by atoms with van der Waals surface area (Å²) < 4.78 is 35.4. The third-order valence-corrected chi connectivity index (χ3v) is 9.66. The number of sulfone groups is 1. The first-order valence-corrected chi connectivity index (χ1v) is 18.8. The molecule has 1 amide bonds. The van der Waals surface area contributed by atoms with Crippen LogP contribution in [-0.2, 0) is 44.8 Å². The van der Waals surface area contributed by atoms with E-state index >= 15 is 0 Å². The number of carbonyl (C=O) groups is 2. The molecular weight excluding hydrogens is 697 g/mol. The molecule has 9 nitrogen and oxygen atoms in total. The third-order valence-electron chi connectivity index (χ3n) is 8.03. The molecule has 0 atom stereocenters. The van der Waals surface area contributed by atoms with E-state index in [0.29, 0.717) is 51.9 Å². The number of aryl methyl sites for hydroxylation is 2. The molecule has 2 heterocycles. The Morgan fingerprint density at radius 3 is 2.30 bits per heavy atom. The van der Waals surface area contributed by atoms with E-state index in [1.54, 1.807) is 37.5 Å². The average molecular weight is 735 g/mol. The predicted molar refractivity (Wildman–Crippen MR) is 197 cm³/mol.